The van der Waals surface area contributed by atoms with E-state index < -0.39 is 11.6 Å². The predicted molar refractivity (Wildman–Crippen MR) is 105 cm³/mol. The van der Waals surface area contributed by atoms with Gasteiger partial charge in [-0.1, -0.05) is 6.58 Å². The lowest BCUT2D eigenvalue weighted by atomic mass is 9.74. The number of fused-ring (bicyclic) bond motifs is 1. The number of rotatable bonds is 6. The molecule has 4 rings (SSSR count). The van der Waals surface area contributed by atoms with Crippen molar-refractivity contribution in [3.8, 4) is 11.3 Å². The maximum Gasteiger partial charge on any atom is 0.150 e. The Labute approximate surface area is 161 Å². The lowest BCUT2D eigenvalue weighted by Gasteiger charge is -2.37. The van der Waals surface area contributed by atoms with Crippen LogP contribution in [0.4, 0.5) is 13.2 Å². The summed E-state index contributed by atoms with van der Waals surface area (Å²) in [4.78, 5) is 3.10. The number of nitrogens with two attached hydrogens (primary N) is 1. The van der Waals surface area contributed by atoms with Gasteiger partial charge in [0.15, 0.2) is 0 Å². The van der Waals surface area contributed by atoms with E-state index in [0.29, 0.717) is 23.5 Å². The highest BCUT2D eigenvalue weighted by Gasteiger charge is 2.34. The number of aromatic amines is 1. The summed E-state index contributed by atoms with van der Waals surface area (Å²) in [6, 6.07) is 8.61. The molecule has 28 heavy (non-hydrogen) atoms. The van der Waals surface area contributed by atoms with Gasteiger partial charge in [0.2, 0.25) is 0 Å². The Bertz CT molecular complexity index is 1020. The van der Waals surface area contributed by atoms with Gasteiger partial charge in [-0.15, -0.1) is 0 Å². The first kappa shape index (κ1) is 18.6. The Balaban J connectivity index is 1.67. The monoisotopic (exact) mass is 385 g/mol. The Morgan fingerprint density at radius 1 is 1.11 bits per heavy atom. The van der Waals surface area contributed by atoms with Gasteiger partial charge in [-0.3, -0.25) is 0 Å². The van der Waals surface area contributed by atoms with Crippen LogP contribution in [0.5, 0.6) is 0 Å². The molecule has 0 amide bonds. The number of hydrogen-bond donors (Lipinski definition) is 3. The molecule has 146 valence electrons. The van der Waals surface area contributed by atoms with Crippen LogP contribution in [0.1, 0.15) is 30.7 Å². The van der Waals surface area contributed by atoms with Gasteiger partial charge in [0.25, 0.3) is 0 Å². The molecule has 4 N–H and O–H groups in total. The van der Waals surface area contributed by atoms with Crippen LogP contribution in [0.3, 0.4) is 0 Å². The van der Waals surface area contributed by atoms with Gasteiger partial charge >= 0.3 is 0 Å². The summed E-state index contributed by atoms with van der Waals surface area (Å²) in [7, 11) is 0. The molecule has 0 radical (unpaired) electrons. The molecular weight excluding hydrogens is 363 g/mol. The molecule has 3 nitrogen and oxygen atoms in total. The van der Waals surface area contributed by atoms with Gasteiger partial charge in [-0.2, -0.15) is 0 Å². The third-order valence-electron chi connectivity index (χ3n) is 5.42. The third kappa shape index (κ3) is 3.52. The summed E-state index contributed by atoms with van der Waals surface area (Å²) in [5, 5.41) is 3.98. The number of H-pyrrole nitrogens is 1. The largest absolute Gasteiger partial charge is 0.402 e. The van der Waals surface area contributed by atoms with E-state index in [-0.39, 0.29) is 17.3 Å². The highest BCUT2D eigenvalue weighted by molar-refractivity contribution is 5.92. The smallest absolute Gasteiger partial charge is 0.150 e. The van der Waals surface area contributed by atoms with E-state index in [1.54, 1.807) is 12.1 Å². The van der Waals surface area contributed by atoms with Crippen molar-refractivity contribution in [3.05, 3.63) is 71.7 Å². The molecule has 0 bridgehead atoms. The van der Waals surface area contributed by atoms with E-state index >= 15 is 0 Å². The van der Waals surface area contributed by atoms with E-state index in [1.807, 2.05) is 0 Å². The summed E-state index contributed by atoms with van der Waals surface area (Å²) in [6.45, 7) is 4.45. The van der Waals surface area contributed by atoms with Crippen molar-refractivity contribution < 1.29 is 13.2 Å². The molecular formula is C22H22F3N3. The summed E-state index contributed by atoms with van der Waals surface area (Å²) in [6.07, 6.45) is 2.43. The first-order valence-electron chi connectivity index (χ1n) is 9.35. The Morgan fingerprint density at radius 2 is 1.82 bits per heavy atom. The molecule has 0 aliphatic heterocycles. The van der Waals surface area contributed by atoms with Crippen LogP contribution >= 0.6 is 0 Å². The van der Waals surface area contributed by atoms with Gasteiger partial charge in [-0.05, 0) is 66.6 Å². The van der Waals surface area contributed by atoms with Crippen molar-refractivity contribution in [1.82, 2.24) is 10.3 Å². The maximum absolute atomic E-state index is 14.4. The quantitative estimate of drug-likeness (QED) is 0.562. The van der Waals surface area contributed by atoms with E-state index in [0.717, 1.165) is 42.3 Å². The number of hydrogen-bond acceptors (Lipinski definition) is 2. The minimum atomic E-state index is -0.625. The summed E-state index contributed by atoms with van der Waals surface area (Å²) >= 11 is 0. The molecule has 6 heteroatoms. The molecule has 3 aromatic rings. The Hall–Kier alpha value is -2.73. The number of halogens is 3. The predicted octanol–water partition coefficient (Wildman–Crippen LogP) is 4.95. The fraction of sp³-hybridized carbons (Fsp3) is 0.273. The van der Waals surface area contributed by atoms with Crippen molar-refractivity contribution >= 4 is 10.9 Å². The zero-order valence-electron chi connectivity index (χ0n) is 15.4. The van der Waals surface area contributed by atoms with Crippen LogP contribution in [-0.4, -0.2) is 17.6 Å². The van der Waals surface area contributed by atoms with Crippen molar-refractivity contribution in [2.45, 2.75) is 31.2 Å². The van der Waals surface area contributed by atoms with Crippen molar-refractivity contribution in [1.29, 1.82) is 0 Å². The van der Waals surface area contributed by atoms with Gasteiger partial charge in [0.1, 0.15) is 17.5 Å². The van der Waals surface area contributed by atoms with Crippen LogP contribution in [0.2, 0.25) is 0 Å². The minimum Gasteiger partial charge on any atom is -0.402 e. The average molecular weight is 385 g/mol. The van der Waals surface area contributed by atoms with E-state index in [4.69, 9.17) is 5.73 Å². The van der Waals surface area contributed by atoms with Crippen LogP contribution in [-0.2, 0) is 0 Å². The fourth-order valence-electron chi connectivity index (χ4n) is 3.97. The third-order valence-corrected chi connectivity index (χ3v) is 5.42. The zero-order valence-corrected chi connectivity index (χ0v) is 15.4. The Kier molecular flexibility index (Phi) is 4.89. The van der Waals surface area contributed by atoms with Crippen LogP contribution in [0.25, 0.3) is 22.2 Å². The summed E-state index contributed by atoms with van der Waals surface area (Å²) < 4.78 is 41.6. The highest BCUT2D eigenvalue weighted by atomic mass is 19.1. The molecule has 1 saturated carbocycles. The van der Waals surface area contributed by atoms with Crippen LogP contribution in [0.15, 0.2) is 48.7 Å². The number of nitrogens with one attached hydrogen (secondary N) is 2. The maximum atomic E-state index is 14.4. The van der Waals surface area contributed by atoms with Crippen molar-refractivity contribution in [3.63, 3.8) is 0 Å². The topological polar surface area (TPSA) is 53.8 Å². The Morgan fingerprint density at radius 3 is 2.50 bits per heavy atom. The van der Waals surface area contributed by atoms with Gasteiger partial charge in [0.05, 0.1) is 11.2 Å². The first-order valence-corrected chi connectivity index (χ1v) is 9.35. The average Bonchev–Trinajstić information content (AvgIpc) is 2.96. The first-order chi connectivity index (χ1) is 13.4. The number of aromatic nitrogens is 1. The van der Waals surface area contributed by atoms with E-state index in [1.165, 1.54) is 18.2 Å². The molecule has 1 heterocycles. The van der Waals surface area contributed by atoms with Crippen molar-refractivity contribution in [2.24, 2.45) is 5.73 Å². The molecule has 0 unspecified atom stereocenters. The van der Waals surface area contributed by atoms with E-state index in [2.05, 4.69) is 16.9 Å². The van der Waals surface area contributed by atoms with Crippen molar-refractivity contribution in [2.75, 3.05) is 6.54 Å². The van der Waals surface area contributed by atoms with E-state index in [9.17, 15) is 13.2 Å². The van der Waals surface area contributed by atoms with Crippen LogP contribution in [0, 0.1) is 17.5 Å². The number of benzene rings is 2. The van der Waals surface area contributed by atoms with Gasteiger partial charge in [0, 0.05) is 29.7 Å². The highest BCUT2D eigenvalue weighted by Crippen LogP contribution is 2.45. The lowest BCUT2D eigenvalue weighted by molar-refractivity contribution is 0.294. The molecule has 1 fully saturated rings. The van der Waals surface area contributed by atoms with Gasteiger partial charge < -0.3 is 16.0 Å². The second kappa shape index (κ2) is 7.36. The second-order valence-electron chi connectivity index (χ2n) is 7.46. The van der Waals surface area contributed by atoms with Gasteiger partial charge in [-0.25, -0.2) is 13.2 Å². The SMILES string of the molecule is C=C(N)CCNC1CC(c2c(-c3ccc(F)cc3)[nH]c3c(F)cc(F)cc23)C1. The second-order valence-corrected chi connectivity index (χ2v) is 7.46. The van der Waals surface area contributed by atoms with Crippen LogP contribution < -0.4 is 11.1 Å². The normalized spacial score (nSPS) is 19.0. The lowest BCUT2D eigenvalue weighted by Crippen LogP contribution is -2.40. The summed E-state index contributed by atoms with van der Waals surface area (Å²) in [5.74, 6) is -1.41. The molecule has 1 aliphatic carbocycles. The molecule has 0 spiro atoms. The zero-order chi connectivity index (χ0) is 19.8. The molecule has 0 saturated heterocycles. The molecule has 1 aliphatic rings. The fourth-order valence-corrected chi connectivity index (χ4v) is 3.97. The molecule has 1 aromatic heterocycles. The summed E-state index contributed by atoms with van der Waals surface area (Å²) in [5.41, 5.74) is 8.88. The minimum absolute atomic E-state index is 0.161. The molecule has 0 atom stereocenters. The standard InChI is InChI=1S/C22H22F3N3/c1-12(26)6-7-27-17-8-14(9-17)20-18-10-16(24)11-19(25)22(18)28-21(20)13-2-4-15(23)5-3-13/h2-5,10-11,14,17,27-28H,1,6-9,26H2. The molecule has 2 aromatic carbocycles.